The van der Waals surface area contributed by atoms with E-state index in [0.717, 1.165) is 19.5 Å². The van der Waals surface area contributed by atoms with Gasteiger partial charge in [0.2, 0.25) is 0 Å². The summed E-state index contributed by atoms with van der Waals surface area (Å²) in [5.41, 5.74) is 2.43. The zero-order valence-electron chi connectivity index (χ0n) is 10.1. The molecule has 0 saturated carbocycles. The minimum Gasteiger partial charge on any atom is -0.394 e. The zero-order valence-corrected chi connectivity index (χ0v) is 10.1. The van der Waals surface area contributed by atoms with E-state index in [1.807, 2.05) is 17.9 Å². The molecule has 0 unspecified atom stereocenters. The van der Waals surface area contributed by atoms with Gasteiger partial charge in [0.05, 0.1) is 19.4 Å². The van der Waals surface area contributed by atoms with E-state index in [2.05, 4.69) is 17.3 Å². The lowest BCUT2D eigenvalue weighted by Crippen LogP contribution is -2.17. The maximum absolute atomic E-state index is 8.50. The number of aryl methyl sites for hydroxylation is 1. The molecule has 1 aromatic rings. The smallest absolute Gasteiger partial charge is 0.0697 e. The van der Waals surface area contributed by atoms with Crippen LogP contribution in [-0.4, -0.2) is 41.3 Å². The standard InChI is InChI=1S/C11H21N3O2/c1-10-11(9-13-14(10)2)8-12-4-3-6-16-7-5-15/h9,12,15H,3-8H2,1-2H3. The molecule has 1 rings (SSSR count). The molecule has 0 spiro atoms. The molecule has 0 bridgehead atoms. The Labute approximate surface area is 96.4 Å². The summed E-state index contributed by atoms with van der Waals surface area (Å²) in [4.78, 5) is 0. The highest BCUT2D eigenvalue weighted by molar-refractivity contribution is 5.15. The van der Waals surface area contributed by atoms with Crippen LogP contribution in [0.1, 0.15) is 17.7 Å². The Kier molecular flexibility index (Phi) is 6.07. The maximum Gasteiger partial charge on any atom is 0.0697 e. The highest BCUT2D eigenvalue weighted by Crippen LogP contribution is 2.04. The van der Waals surface area contributed by atoms with E-state index in [1.165, 1.54) is 11.3 Å². The van der Waals surface area contributed by atoms with Crippen LogP contribution in [0, 0.1) is 6.92 Å². The number of nitrogens with one attached hydrogen (secondary N) is 1. The van der Waals surface area contributed by atoms with Crippen molar-refractivity contribution in [1.29, 1.82) is 0 Å². The first-order valence-corrected chi connectivity index (χ1v) is 5.62. The minimum atomic E-state index is 0.0995. The van der Waals surface area contributed by atoms with Crippen LogP contribution in [-0.2, 0) is 18.3 Å². The average molecular weight is 227 g/mol. The van der Waals surface area contributed by atoms with Crippen molar-refractivity contribution in [3.8, 4) is 0 Å². The summed E-state index contributed by atoms with van der Waals surface area (Å²) in [5, 5.41) is 16.0. The number of hydrogen-bond acceptors (Lipinski definition) is 4. The van der Waals surface area contributed by atoms with Crippen molar-refractivity contribution in [3.63, 3.8) is 0 Å². The Bertz CT molecular complexity index is 299. The van der Waals surface area contributed by atoms with Gasteiger partial charge in [-0.05, 0) is 19.9 Å². The van der Waals surface area contributed by atoms with E-state index < -0.39 is 0 Å². The first-order valence-electron chi connectivity index (χ1n) is 5.62. The molecular weight excluding hydrogens is 206 g/mol. The molecular formula is C11H21N3O2. The van der Waals surface area contributed by atoms with Gasteiger partial charge in [-0.1, -0.05) is 0 Å². The molecule has 16 heavy (non-hydrogen) atoms. The molecule has 0 atom stereocenters. The molecule has 0 saturated heterocycles. The Balaban J connectivity index is 2.05. The van der Waals surface area contributed by atoms with Crippen LogP contribution in [0.5, 0.6) is 0 Å². The highest BCUT2D eigenvalue weighted by Gasteiger charge is 2.01. The van der Waals surface area contributed by atoms with Gasteiger partial charge in [-0.15, -0.1) is 0 Å². The van der Waals surface area contributed by atoms with Gasteiger partial charge in [0.25, 0.3) is 0 Å². The summed E-state index contributed by atoms with van der Waals surface area (Å²) in [7, 11) is 1.95. The lowest BCUT2D eigenvalue weighted by atomic mass is 10.2. The fraction of sp³-hybridized carbons (Fsp3) is 0.727. The van der Waals surface area contributed by atoms with Gasteiger partial charge < -0.3 is 15.2 Å². The third-order valence-corrected chi connectivity index (χ3v) is 2.53. The number of hydrogen-bond donors (Lipinski definition) is 2. The van der Waals surface area contributed by atoms with Crippen molar-refractivity contribution in [3.05, 3.63) is 17.5 Å². The largest absolute Gasteiger partial charge is 0.394 e. The Hall–Kier alpha value is -0.910. The number of ether oxygens (including phenoxy) is 1. The maximum atomic E-state index is 8.50. The molecule has 5 heteroatoms. The number of rotatable bonds is 8. The molecule has 0 aliphatic rings. The first kappa shape index (κ1) is 13.2. The predicted molar refractivity (Wildman–Crippen MR) is 62.2 cm³/mol. The summed E-state index contributed by atoms with van der Waals surface area (Å²) < 4.78 is 7.03. The molecule has 0 aromatic carbocycles. The number of aliphatic hydroxyl groups excluding tert-OH is 1. The van der Waals surface area contributed by atoms with Gasteiger partial charge in [-0.3, -0.25) is 4.68 Å². The topological polar surface area (TPSA) is 59.3 Å². The van der Waals surface area contributed by atoms with Crippen molar-refractivity contribution in [1.82, 2.24) is 15.1 Å². The van der Waals surface area contributed by atoms with Crippen molar-refractivity contribution in [2.24, 2.45) is 7.05 Å². The predicted octanol–water partition coefficient (Wildman–Crippen LogP) is 0.217. The molecule has 92 valence electrons. The molecule has 1 heterocycles. The number of aliphatic hydroxyl groups is 1. The summed E-state index contributed by atoms with van der Waals surface area (Å²) in [6.45, 7) is 5.05. The van der Waals surface area contributed by atoms with Gasteiger partial charge >= 0.3 is 0 Å². The van der Waals surface area contributed by atoms with Crippen molar-refractivity contribution >= 4 is 0 Å². The molecule has 2 N–H and O–H groups in total. The van der Waals surface area contributed by atoms with Crippen LogP contribution in [0.4, 0.5) is 0 Å². The average Bonchev–Trinajstić information content (AvgIpc) is 2.59. The van der Waals surface area contributed by atoms with E-state index in [9.17, 15) is 0 Å². The van der Waals surface area contributed by atoms with Crippen LogP contribution in [0.15, 0.2) is 6.20 Å². The molecule has 5 nitrogen and oxygen atoms in total. The lowest BCUT2D eigenvalue weighted by Gasteiger charge is -2.05. The van der Waals surface area contributed by atoms with E-state index in [1.54, 1.807) is 0 Å². The quantitative estimate of drug-likeness (QED) is 0.624. The van der Waals surface area contributed by atoms with Gasteiger partial charge in [-0.25, -0.2) is 0 Å². The zero-order chi connectivity index (χ0) is 11.8. The first-order chi connectivity index (χ1) is 7.75. The number of aromatic nitrogens is 2. The van der Waals surface area contributed by atoms with E-state index in [0.29, 0.717) is 13.2 Å². The third-order valence-electron chi connectivity index (χ3n) is 2.53. The summed E-state index contributed by atoms with van der Waals surface area (Å²) in [6, 6.07) is 0. The minimum absolute atomic E-state index is 0.0995. The van der Waals surface area contributed by atoms with Crippen LogP contribution in [0.25, 0.3) is 0 Å². The molecule has 0 fully saturated rings. The normalized spacial score (nSPS) is 10.9. The molecule has 0 aliphatic heterocycles. The van der Waals surface area contributed by atoms with Gasteiger partial charge in [0.1, 0.15) is 0 Å². The molecule has 1 aromatic heterocycles. The summed E-state index contributed by atoms with van der Waals surface area (Å²) in [6.07, 6.45) is 2.85. The van der Waals surface area contributed by atoms with E-state index in [-0.39, 0.29) is 6.61 Å². The fourth-order valence-electron chi connectivity index (χ4n) is 1.41. The fourth-order valence-corrected chi connectivity index (χ4v) is 1.41. The van der Waals surface area contributed by atoms with Gasteiger partial charge in [0.15, 0.2) is 0 Å². The second-order valence-corrected chi connectivity index (χ2v) is 3.75. The van der Waals surface area contributed by atoms with Crippen LogP contribution < -0.4 is 5.32 Å². The van der Waals surface area contributed by atoms with Crippen molar-refractivity contribution < 1.29 is 9.84 Å². The Morgan fingerprint density at radius 1 is 1.50 bits per heavy atom. The molecule has 0 radical (unpaired) electrons. The van der Waals surface area contributed by atoms with E-state index in [4.69, 9.17) is 9.84 Å². The second-order valence-electron chi connectivity index (χ2n) is 3.75. The second kappa shape index (κ2) is 7.38. The highest BCUT2D eigenvalue weighted by atomic mass is 16.5. The Morgan fingerprint density at radius 3 is 2.94 bits per heavy atom. The summed E-state index contributed by atoms with van der Waals surface area (Å²) in [5.74, 6) is 0. The third kappa shape index (κ3) is 4.30. The van der Waals surface area contributed by atoms with E-state index >= 15 is 0 Å². The molecule has 0 amide bonds. The van der Waals surface area contributed by atoms with Crippen molar-refractivity contribution in [2.45, 2.75) is 19.9 Å². The monoisotopic (exact) mass is 227 g/mol. The van der Waals surface area contributed by atoms with Gasteiger partial charge in [-0.2, -0.15) is 5.10 Å². The van der Waals surface area contributed by atoms with Crippen LogP contribution in [0.3, 0.4) is 0 Å². The number of nitrogens with zero attached hydrogens (tertiary/aromatic N) is 2. The summed E-state index contributed by atoms with van der Waals surface area (Å²) >= 11 is 0. The van der Waals surface area contributed by atoms with Crippen molar-refractivity contribution in [2.75, 3.05) is 26.4 Å². The lowest BCUT2D eigenvalue weighted by molar-refractivity contribution is 0.0907. The molecule has 0 aliphatic carbocycles. The van der Waals surface area contributed by atoms with Crippen LogP contribution in [0.2, 0.25) is 0 Å². The van der Waals surface area contributed by atoms with Crippen LogP contribution >= 0.6 is 0 Å². The Morgan fingerprint density at radius 2 is 2.31 bits per heavy atom. The van der Waals surface area contributed by atoms with Gasteiger partial charge in [0, 0.05) is 31.5 Å². The SMILES string of the molecule is Cc1c(CNCCCOCCO)cnn1C.